The van der Waals surface area contributed by atoms with Crippen LogP contribution in [0, 0.1) is 5.92 Å². The monoisotopic (exact) mass is 407 g/mol. The van der Waals surface area contributed by atoms with E-state index in [0.717, 1.165) is 28.3 Å². The number of carbonyl (C=O) groups excluding carboxylic acids is 1. The molecule has 1 N–H and O–H groups in total. The summed E-state index contributed by atoms with van der Waals surface area (Å²) in [7, 11) is 0. The number of nitrogens with zero attached hydrogens (tertiary/aromatic N) is 4. The van der Waals surface area contributed by atoms with E-state index in [2.05, 4.69) is 45.0 Å². The SMILES string of the molecule is CC(C)Cn1c(SCC(=O)Nc2nnc(-c3ccccc3)o2)nc2ccccc21. The Kier molecular flexibility index (Phi) is 5.62. The van der Waals surface area contributed by atoms with Gasteiger partial charge in [-0.25, -0.2) is 4.98 Å². The van der Waals surface area contributed by atoms with Crippen LogP contribution in [-0.2, 0) is 11.3 Å². The molecule has 4 aromatic rings. The molecule has 2 aromatic heterocycles. The Hall–Kier alpha value is -3.13. The quantitative estimate of drug-likeness (QED) is 0.455. The van der Waals surface area contributed by atoms with Crippen LogP contribution in [0.3, 0.4) is 0 Å². The van der Waals surface area contributed by atoms with Crippen molar-refractivity contribution in [3.63, 3.8) is 0 Å². The van der Waals surface area contributed by atoms with Crippen molar-refractivity contribution < 1.29 is 9.21 Å². The third-order valence-electron chi connectivity index (χ3n) is 4.19. The molecule has 8 heteroatoms. The molecular formula is C21H21N5O2S. The first-order chi connectivity index (χ1) is 14.1. The molecule has 7 nitrogen and oxygen atoms in total. The highest BCUT2D eigenvalue weighted by molar-refractivity contribution is 7.99. The number of carbonyl (C=O) groups is 1. The Morgan fingerprint density at radius 3 is 2.66 bits per heavy atom. The predicted octanol–water partition coefficient (Wildman–Crippen LogP) is 4.47. The number of hydrogen-bond acceptors (Lipinski definition) is 6. The molecule has 0 aliphatic rings. The van der Waals surface area contributed by atoms with Crippen molar-refractivity contribution in [3.05, 3.63) is 54.6 Å². The number of thioether (sulfide) groups is 1. The first kappa shape index (κ1) is 19.2. The van der Waals surface area contributed by atoms with Gasteiger partial charge in [0.2, 0.25) is 11.8 Å². The molecule has 0 unspecified atom stereocenters. The number of rotatable bonds is 7. The van der Waals surface area contributed by atoms with E-state index in [1.807, 2.05) is 48.5 Å². The summed E-state index contributed by atoms with van der Waals surface area (Å²) in [6.45, 7) is 5.17. The maximum Gasteiger partial charge on any atom is 0.322 e. The first-order valence-electron chi connectivity index (χ1n) is 9.37. The highest BCUT2D eigenvalue weighted by atomic mass is 32.2. The number of hydrogen-bond donors (Lipinski definition) is 1. The fourth-order valence-corrected chi connectivity index (χ4v) is 3.79. The van der Waals surface area contributed by atoms with Crippen molar-refractivity contribution in [3.8, 4) is 11.5 Å². The van der Waals surface area contributed by atoms with Gasteiger partial charge in [-0.1, -0.05) is 61.0 Å². The van der Waals surface area contributed by atoms with Gasteiger partial charge in [0.15, 0.2) is 5.16 Å². The Balaban J connectivity index is 1.43. The number of nitrogens with one attached hydrogen (secondary N) is 1. The van der Waals surface area contributed by atoms with Gasteiger partial charge < -0.3 is 8.98 Å². The lowest BCUT2D eigenvalue weighted by Gasteiger charge is -2.11. The lowest BCUT2D eigenvalue weighted by atomic mass is 10.2. The minimum absolute atomic E-state index is 0.0881. The number of fused-ring (bicyclic) bond motifs is 1. The van der Waals surface area contributed by atoms with E-state index in [1.54, 1.807) is 0 Å². The van der Waals surface area contributed by atoms with Crippen LogP contribution in [0.2, 0.25) is 0 Å². The average Bonchev–Trinajstić information content (AvgIpc) is 3.32. The molecule has 1 amide bonds. The smallest absolute Gasteiger partial charge is 0.322 e. The molecule has 0 bridgehead atoms. The van der Waals surface area contributed by atoms with Crippen LogP contribution in [-0.4, -0.2) is 31.4 Å². The van der Waals surface area contributed by atoms with Crippen molar-refractivity contribution in [2.45, 2.75) is 25.5 Å². The molecule has 0 saturated carbocycles. The van der Waals surface area contributed by atoms with E-state index in [-0.39, 0.29) is 17.7 Å². The number of benzene rings is 2. The summed E-state index contributed by atoms with van der Waals surface area (Å²) in [4.78, 5) is 17.1. The summed E-state index contributed by atoms with van der Waals surface area (Å²) in [5.74, 6) is 0.814. The maximum atomic E-state index is 12.4. The van der Waals surface area contributed by atoms with Crippen molar-refractivity contribution in [1.29, 1.82) is 0 Å². The first-order valence-corrected chi connectivity index (χ1v) is 10.4. The third-order valence-corrected chi connectivity index (χ3v) is 5.17. The average molecular weight is 407 g/mol. The summed E-state index contributed by atoms with van der Waals surface area (Å²) in [6, 6.07) is 17.5. The summed E-state index contributed by atoms with van der Waals surface area (Å²) in [5, 5.41) is 11.4. The highest BCUT2D eigenvalue weighted by Crippen LogP contribution is 2.25. The van der Waals surface area contributed by atoms with E-state index in [4.69, 9.17) is 4.42 Å². The zero-order valence-electron chi connectivity index (χ0n) is 16.2. The molecule has 4 rings (SSSR count). The zero-order valence-corrected chi connectivity index (χ0v) is 17.0. The summed E-state index contributed by atoms with van der Waals surface area (Å²) >= 11 is 1.40. The molecule has 29 heavy (non-hydrogen) atoms. The Bertz CT molecular complexity index is 1120. The minimum Gasteiger partial charge on any atom is -0.403 e. The van der Waals surface area contributed by atoms with Gasteiger partial charge in [0.1, 0.15) is 0 Å². The van der Waals surface area contributed by atoms with Crippen molar-refractivity contribution >= 4 is 34.7 Å². The molecule has 0 aliphatic carbocycles. The molecule has 2 aromatic carbocycles. The van der Waals surface area contributed by atoms with E-state index in [0.29, 0.717) is 11.8 Å². The van der Waals surface area contributed by atoms with E-state index in [9.17, 15) is 4.79 Å². The summed E-state index contributed by atoms with van der Waals surface area (Å²) in [6.07, 6.45) is 0. The maximum absolute atomic E-state index is 12.4. The van der Waals surface area contributed by atoms with Gasteiger partial charge in [-0.3, -0.25) is 10.1 Å². The molecule has 0 aliphatic heterocycles. The fraction of sp³-hybridized carbons (Fsp3) is 0.238. The van der Waals surface area contributed by atoms with Crippen molar-refractivity contribution in [2.75, 3.05) is 11.1 Å². The highest BCUT2D eigenvalue weighted by Gasteiger charge is 2.15. The van der Waals surface area contributed by atoms with Crippen LogP contribution in [0.1, 0.15) is 13.8 Å². The van der Waals surface area contributed by atoms with Crippen LogP contribution in [0.5, 0.6) is 0 Å². The standard InChI is InChI=1S/C21H21N5O2S/c1-14(2)12-26-17-11-7-6-10-16(17)22-21(26)29-13-18(27)23-20-25-24-19(28-20)15-8-4-3-5-9-15/h3-11,14H,12-13H2,1-2H3,(H,23,25,27). The van der Waals surface area contributed by atoms with Crippen molar-refractivity contribution in [2.24, 2.45) is 5.92 Å². The zero-order chi connectivity index (χ0) is 20.2. The Morgan fingerprint density at radius 2 is 1.86 bits per heavy atom. The molecule has 0 fully saturated rings. The predicted molar refractivity (Wildman–Crippen MR) is 114 cm³/mol. The second-order valence-corrected chi connectivity index (χ2v) is 7.95. The second kappa shape index (κ2) is 8.48. The van der Waals surface area contributed by atoms with Crippen molar-refractivity contribution in [1.82, 2.24) is 19.7 Å². The third kappa shape index (κ3) is 4.48. The minimum atomic E-state index is -0.221. The van der Waals surface area contributed by atoms with Gasteiger partial charge in [-0.15, -0.1) is 5.10 Å². The normalized spacial score (nSPS) is 11.3. The van der Waals surface area contributed by atoms with Gasteiger partial charge >= 0.3 is 6.01 Å². The lowest BCUT2D eigenvalue weighted by molar-refractivity contribution is -0.113. The van der Waals surface area contributed by atoms with E-state index < -0.39 is 0 Å². The number of imidazole rings is 1. The van der Waals surface area contributed by atoms with Crippen LogP contribution in [0.15, 0.2) is 64.2 Å². The molecule has 0 radical (unpaired) electrons. The molecular weight excluding hydrogens is 386 g/mol. The number of anilines is 1. The molecule has 2 heterocycles. The van der Waals surface area contributed by atoms with Gasteiger partial charge in [0.25, 0.3) is 0 Å². The number of aromatic nitrogens is 4. The Morgan fingerprint density at radius 1 is 1.10 bits per heavy atom. The second-order valence-electron chi connectivity index (χ2n) is 7.00. The lowest BCUT2D eigenvalue weighted by Crippen LogP contribution is -2.15. The molecule has 148 valence electrons. The van der Waals surface area contributed by atoms with Gasteiger partial charge in [0.05, 0.1) is 16.8 Å². The molecule has 0 spiro atoms. The fourth-order valence-electron chi connectivity index (χ4n) is 2.96. The topological polar surface area (TPSA) is 85.8 Å². The van der Waals surface area contributed by atoms with Crippen LogP contribution < -0.4 is 5.32 Å². The van der Waals surface area contributed by atoms with Crippen LogP contribution in [0.4, 0.5) is 6.01 Å². The number of amides is 1. The molecule has 0 atom stereocenters. The summed E-state index contributed by atoms with van der Waals surface area (Å²) in [5.41, 5.74) is 2.81. The van der Waals surface area contributed by atoms with E-state index in [1.165, 1.54) is 11.8 Å². The van der Waals surface area contributed by atoms with Gasteiger partial charge in [-0.2, -0.15) is 0 Å². The van der Waals surface area contributed by atoms with Crippen LogP contribution >= 0.6 is 11.8 Å². The largest absolute Gasteiger partial charge is 0.403 e. The summed E-state index contributed by atoms with van der Waals surface area (Å²) < 4.78 is 7.70. The molecule has 0 saturated heterocycles. The Labute approximate surface area is 172 Å². The van der Waals surface area contributed by atoms with E-state index >= 15 is 0 Å². The van der Waals surface area contributed by atoms with Gasteiger partial charge in [0, 0.05) is 12.1 Å². The number of para-hydroxylation sites is 2. The van der Waals surface area contributed by atoms with Crippen LogP contribution in [0.25, 0.3) is 22.5 Å². The van der Waals surface area contributed by atoms with Gasteiger partial charge in [-0.05, 0) is 30.2 Å².